The molecular weight excluding hydrogens is 551 g/mol. The van der Waals surface area contributed by atoms with Crippen molar-refractivity contribution in [2.75, 3.05) is 33.4 Å². The minimum absolute atomic E-state index is 0.527. The highest BCUT2D eigenvalue weighted by Crippen LogP contribution is 2.47. The predicted molar refractivity (Wildman–Crippen MR) is 169 cm³/mol. The normalized spacial score (nSPS) is 13.5. The standard InChI is InChI=1S/C34H33NO4S2/c1-36-27-11-9-26(10-12-27)34-33(31-18-15-29(23-32(31)40-34)37-24-25-7-3-2-4-8-25)39-28-13-16-30(17-14-28)41-38-22-21-35-19-5-6-20-35/h2-4,7-18,23H,5-6,19-22,24H2,1H3. The number of thiophene rings is 1. The van der Waals surface area contributed by atoms with Gasteiger partial charge in [-0.15, -0.1) is 11.3 Å². The van der Waals surface area contributed by atoms with E-state index in [2.05, 4.69) is 41.3 Å². The monoisotopic (exact) mass is 583 g/mol. The molecule has 5 nitrogen and oxygen atoms in total. The first-order chi connectivity index (χ1) is 20.2. The Hall–Kier alpha value is -3.49. The average Bonchev–Trinajstić information content (AvgIpc) is 3.68. The highest BCUT2D eigenvalue weighted by molar-refractivity contribution is 7.94. The summed E-state index contributed by atoms with van der Waals surface area (Å²) >= 11 is 3.12. The van der Waals surface area contributed by atoms with Gasteiger partial charge in [-0.25, -0.2) is 0 Å². The van der Waals surface area contributed by atoms with Gasteiger partial charge in [0.05, 0.1) is 18.6 Å². The summed E-state index contributed by atoms with van der Waals surface area (Å²) in [7, 11) is 1.68. The number of hydrogen-bond acceptors (Lipinski definition) is 7. The van der Waals surface area contributed by atoms with Gasteiger partial charge in [0.15, 0.2) is 5.75 Å². The van der Waals surface area contributed by atoms with Gasteiger partial charge in [-0.3, -0.25) is 0 Å². The van der Waals surface area contributed by atoms with E-state index in [0.717, 1.165) is 67.1 Å². The summed E-state index contributed by atoms with van der Waals surface area (Å²) in [6, 6.07) is 32.6. The van der Waals surface area contributed by atoms with Gasteiger partial charge in [-0.05, 0) is 104 Å². The highest BCUT2D eigenvalue weighted by atomic mass is 32.2. The molecule has 1 aliphatic heterocycles. The lowest BCUT2D eigenvalue weighted by atomic mass is 10.1. The SMILES string of the molecule is COc1ccc(-c2sc3cc(OCc4ccccc4)ccc3c2Oc2ccc(SOCCN3CCCC3)cc2)cc1. The zero-order valence-electron chi connectivity index (χ0n) is 23.1. The first-order valence-electron chi connectivity index (χ1n) is 13.9. The zero-order chi connectivity index (χ0) is 27.9. The van der Waals surface area contributed by atoms with Gasteiger partial charge in [0, 0.05) is 33.6 Å². The van der Waals surface area contributed by atoms with Crippen LogP contribution >= 0.6 is 23.4 Å². The lowest BCUT2D eigenvalue weighted by molar-refractivity contribution is 0.261. The Morgan fingerprint density at radius 2 is 1.54 bits per heavy atom. The van der Waals surface area contributed by atoms with Crippen LogP contribution in [-0.2, 0) is 10.8 Å². The van der Waals surface area contributed by atoms with Crippen LogP contribution in [0, 0.1) is 0 Å². The number of methoxy groups -OCH3 is 1. The lowest BCUT2D eigenvalue weighted by Gasteiger charge is -2.13. The molecule has 0 unspecified atom stereocenters. The van der Waals surface area contributed by atoms with Gasteiger partial charge in [0.2, 0.25) is 0 Å². The Morgan fingerprint density at radius 3 is 2.29 bits per heavy atom. The molecule has 0 spiro atoms. The molecule has 1 aliphatic rings. The van der Waals surface area contributed by atoms with Crippen molar-refractivity contribution in [3.63, 3.8) is 0 Å². The van der Waals surface area contributed by atoms with E-state index in [4.69, 9.17) is 18.4 Å². The Kier molecular flexibility index (Phi) is 9.08. The maximum absolute atomic E-state index is 6.57. The van der Waals surface area contributed by atoms with Crippen molar-refractivity contribution in [1.29, 1.82) is 0 Å². The van der Waals surface area contributed by atoms with Crippen molar-refractivity contribution in [2.45, 2.75) is 24.3 Å². The van der Waals surface area contributed by atoms with Crippen LogP contribution < -0.4 is 14.2 Å². The first-order valence-corrected chi connectivity index (χ1v) is 15.5. The minimum Gasteiger partial charge on any atom is -0.497 e. The summed E-state index contributed by atoms with van der Waals surface area (Å²) in [4.78, 5) is 4.58. The number of hydrogen-bond donors (Lipinski definition) is 0. The molecule has 1 aromatic heterocycles. The van der Waals surface area contributed by atoms with Gasteiger partial charge in [-0.2, -0.15) is 0 Å². The molecule has 7 heteroatoms. The summed E-state index contributed by atoms with van der Waals surface area (Å²) in [6.45, 7) is 4.63. The second-order valence-electron chi connectivity index (χ2n) is 9.95. The molecule has 6 rings (SSSR count). The van der Waals surface area contributed by atoms with Gasteiger partial charge < -0.3 is 23.3 Å². The van der Waals surface area contributed by atoms with Crippen molar-refractivity contribution >= 4 is 33.5 Å². The molecule has 0 bridgehead atoms. The summed E-state index contributed by atoms with van der Waals surface area (Å²) < 4.78 is 25.0. The van der Waals surface area contributed by atoms with Crippen molar-refractivity contribution in [2.24, 2.45) is 0 Å². The molecule has 2 heterocycles. The van der Waals surface area contributed by atoms with E-state index < -0.39 is 0 Å². The summed E-state index contributed by atoms with van der Waals surface area (Å²) in [5, 5.41) is 1.05. The van der Waals surface area contributed by atoms with E-state index in [1.165, 1.54) is 38.0 Å². The van der Waals surface area contributed by atoms with Crippen LogP contribution in [-0.4, -0.2) is 38.3 Å². The second kappa shape index (κ2) is 13.4. The van der Waals surface area contributed by atoms with E-state index in [0.29, 0.717) is 6.61 Å². The lowest BCUT2D eigenvalue weighted by Crippen LogP contribution is -2.23. The number of nitrogens with zero attached hydrogens (tertiary/aromatic N) is 1. The molecule has 5 aromatic rings. The number of likely N-dealkylation sites (tertiary alicyclic amines) is 1. The fourth-order valence-corrected chi connectivity index (χ4v) is 6.59. The van der Waals surface area contributed by atoms with Crippen molar-refractivity contribution in [3.05, 3.63) is 103 Å². The van der Waals surface area contributed by atoms with Crippen LogP contribution in [0.15, 0.2) is 102 Å². The fourth-order valence-electron chi connectivity index (χ4n) is 4.88. The summed E-state index contributed by atoms with van der Waals surface area (Å²) in [6.07, 6.45) is 2.61. The highest BCUT2D eigenvalue weighted by Gasteiger charge is 2.18. The van der Waals surface area contributed by atoms with Gasteiger partial charge in [0.25, 0.3) is 0 Å². The van der Waals surface area contributed by atoms with E-state index in [1.807, 2.05) is 60.7 Å². The molecular formula is C34H33NO4S2. The second-order valence-corrected chi connectivity index (χ2v) is 11.9. The Bertz CT molecular complexity index is 1550. The molecule has 41 heavy (non-hydrogen) atoms. The first kappa shape index (κ1) is 27.7. The van der Waals surface area contributed by atoms with Crippen LogP contribution in [0.25, 0.3) is 20.5 Å². The quantitative estimate of drug-likeness (QED) is 0.108. The number of benzene rings is 4. The van der Waals surface area contributed by atoms with Crippen molar-refractivity contribution in [1.82, 2.24) is 4.90 Å². The number of rotatable bonds is 12. The van der Waals surface area contributed by atoms with Gasteiger partial charge in [-0.1, -0.05) is 30.3 Å². The third kappa shape index (κ3) is 7.05. The number of ether oxygens (including phenoxy) is 3. The van der Waals surface area contributed by atoms with Gasteiger partial charge >= 0.3 is 0 Å². The van der Waals surface area contributed by atoms with Crippen LogP contribution in [0.5, 0.6) is 23.0 Å². The predicted octanol–water partition coefficient (Wildman–Crippen LogP) is 9.07. The van der Waals surface area contributed by atoms with Crippen LogP contribution in [0.4, 0.5) is 0 Å². The molecule has 0 atom stereocenters. The van der Waals surface area contributed by atoms with E-state index >= 15 is 0 Å². The van der Waals surface area contributed by atoms with E-state index in [1.54, 1.807) is 18.4 Å². The Balaban J connectivity index is 1.20. The molecule has 4 aromatic carbocycles. The molecule has 1 fully saturated rings. The maximum atomic E-state index is 6.57. The van der Waals surface area contributed by atoms with Crippen molar-refractivity contribution in [3.8, 4) is 33.4 Å². The topological polar surface area (TPSA) is 40.2 Å². The molecule has 210 valence electrons. The van der Waals surface area contributed by atoms with Crippen LogP contribution in [0.1, 0.15) is 18.4 Å². The van der Waals surface area contributed by atoms with E-state index in [-0.39, 0.29) is 0 Å². The third-order valence-electron chi connectivity index (χ3n) is 7.10. The van der Waals surface area contributed by atoms with E-state index in [9.17, 15) is 0 Å². The average molecular weight is 584 g/mol. The smallest absolute Gasteiger partial charge is 0.153 e. The zero-order valence-corrected chi connectivity index (χ0v) is 24.7. The van der Waals surface area contributed by atoms with Crippen LogP contribution in [0.3, 0.4) is 0 Å². The number of fused-ring (bicyclic) bond motifs is 1. The third-order valence-corrected chi connectivity index (χ3v) is 9.04. The van der Waals surface area contributed by atoms with Crippen molar-refractivity contribution < 1.29 is 18.4 Å². The molecule has 0 amide bonds. The molecule has 0 saturated carbocycles. The molecule has 0 aliphatic carbocycles. The fraction of sp³-hybridized carbons (Fsp3) is 0.235. The summed E-state index contributed by atoms with van der Waals surface area (Å²) in [5.74, 6) is 3.28. The van der Waals surface area contributed by atoms with Gasteiger partial charge in [0.1, 0.15) is 23.9 Å². The molecule has 1 saturated heterocycles. The largest absolute Gasteiger partial charge is 0.497 e. The Morgan fingerprint density at radius 1 is 0.805 bits per heavy atom. The Labute approximate surface area is 249 Å². The van der Waals surface area contributed by atoms with Crippen LogP contribution in [0.2, 0.25) is 0 Å². The minimum atomic E-state index is 0.527. The molecule has 0 radical (unpaired) electrons. The molecule has 0 N–H and O–H groups in total. The maximum Gasteiger partial charge on any atom is 0.153 e. The summed E-state index contributed by atoms with van der Waals surface area (Å²) in [5.41, 5.74) is 2.22.